The van der Waals surface area contributed by atoms with E-state index >= 15 is 0 Å². The smallest absolute Gasteiger partial charge is 0.244 e. The summed E-state index contributed by atoms with van der Waals surface area (Å²) >= 11 is 0.818. The lowest BCUT2D eigenvalue weighted by Crippen LogP contribution is -2.41. The summed E-state index contributed by atoms with van der Waals surface area (Å²) < 4.78 is 48.9. The van der Waals surface area contributed by atoms with E-state index in [0.29, 0.717) is 25.3 Å². The molecule has 4 aliphatic heterocycles. The Kier molecular flexibility index (Phi) is 4.00. The van der Waals surface area contributed by atoms with E-state index in [4.69, 9.17) is 5.14 Å². The average Bonchev–Trinajstić information content (AvgIpc) is 2.47. The lowest BCUT2D eigenvalue weighted by atomic mass is 10.1. The van der Waals surface area contributed by atoms with Gasteiger partial charge in [0.05, 0.1) is 5.25 Å². The summed E-state index contributed by atoms with van der Waals surface area (Å²) in [5.74, 6) is 0.415. The van der Waals surface area contributed by atoms with Gasteiger partial charge in [-0.05, 0) is 30.4 Å². The minimum atomic E-state index is -3.92. The molecule has 6 nitrogen and oxygen atoms in total. The van der Waals surface area contributed by atoms with E-state index in [1.54, 1.807) is 6.08 Å². The van der Waals surface area contributed by atoms with Crippen LogP contribution in [0.5, 0.6) is 0 Å². The molecule has 9 heteroatoms. The molecule has 0 amide bonds. The van der Waals surface area contributed by atoms with Crippen molar-refractivity contribution in [1.82, 2.24) is 4.90 Å². The van der Waals surface area contributed by atoms with E-state index in [1.807, 2.05) is 0 Å². The van der Waals surface area contributed by atoms with Gasteiger partial charge in [-0.1, -0.05) is 25.6 Å². The van der Waals surface area contributed by atoms with Gasteiger partial charge in [-0.2, -0.15) is 0 Å². The SMILES string of the molecule is CC(C)CN1CC2=C3S/C(S(N)(=O)=O)=C\C1CC(C2)S3(=O)=O. The van der Waals surface area contributed by atoms with Gasteiger partial charge >= 0.3 is 0 Å². The number of sulfonamides is 1. The Morgan fingerprint density at radius 3 is 2.73 bits per heavy atom. The highest BCUT2D eigenvalue weighted by Crippen LogP contribution is 2.49. The molecular formula is C13H20N2O4S3. The average molecular weight is 365 g/mol. The zero-order valence-electron chi connectivity index (χ0n) is 12.5. The Bertz CT molecular complexity index is 765. The maximum Gasteiger partial charge on any atom is 0.244 e. The Morgan fingerprint density at radius 2 is 2.14 bits per heavy atom. The van der Waals surface area contributed by atoms with Crippen molar-refractivity contribution < 1.29 is 16.8 Å². The number of primary sulfonamides is 1. The van der Waals surface area contributed by atoms with E-state index < -0.39 is 25.1 Å². The summed E-state index contributed by atoms with van der Waals surface area (Å²) in [6, 6.07) is -0.206. The quantitative estimate of drug-likeness (QED) is 0.802. The summed E-state index contributed by atoms with van der Waals surface area (Å²) in [4.78, 5) is 2.18. The molecule has 0 radical (unpaired) electrons. The van der Waals surface area contributed by atoms with Crippen molar-refractivity contribution in [2.45, 2.75) is 38.0 Å². The highest BCUT2D eigenvalue weighted by molar-refractivity contribution is 8.27. The molecule has 0 aromatic rings. The van der Waals surface area contributed by atoms with Gasteiger partial charge in [0.15, 0.2) is 9.84 Å². The van der Waals surface area contributed by atoms with Crippen LogP contribution in [0, 0.1) is 5.92 Å². The number of hydrogen-bond donors (Lipinski definition) is 1. The van der Waals surface area contributed by atoms with Crippen LogP contribution in [-0.4, -0.2) is 46.1 Å². The van der Waals surface area contributed by atoms with Gasteiger partial charge in [0.25, 0.3) is 0 Å². The minimum absolute atomic E-state index is 0.0395. The number of nitrogens with two attached hydrogens (primary N) is 1. The maximum atomic E-state index is 12.6. The third kappa shape index (κ3) is 2.77. The molecule has 1 fully saturated rings. The predicted octanol–water partition coefficient (Wildman–Crippen LogP) is 0.992. The molecule has 124 valence electrons. The van der Waals surface area contributed by atoms with Crippen LogP contribution in [0.1, 0.15) is 26.7 Å². The third-order valence-corrected chi connectivity index (χ3v) is 9.67. The number of thioether (sulfide) groups is 1. The fourth-order valence-electron chi connectivity index (χ4n) is 3.35. The van der Waals surface area contributed by atoms with Crippen molar-refractivity contribution in [3.63, 3.8) is 0 Å². The second kappa shape index (κ2) is 5.34. The lowest BCUT2D eigenvalue weighted by molar-refractivity contribution is 0.221. The molecule has 0 saturated carbocycles. The standard InChI is InChI=1S/C13H20N2O4S3/c1-8(2)6-15-7-9-3-11-4-10(15)5-12(22(14,18)19)20-13(9)21(11,16)17/h5,8,10-11H,3-4,6-7H2,1-2H3,(H2,14,18,19)/b12-5+. The van der Waals surface area contributed by atoms with Gasteiger partial charge in [-0.25, -0.2) is 22.0 Å². The van der Waals surface area contributed by atoms with Crippen molar-refractivity contribution in [2.24, 2.45) is 11.1 Å². The van der Waals surface area contributed by atoms with Gasteiger partial charge < -0.3 is 0 Å². The summed E-state index contributed by atoms with van der Waals surface area (Å²) in [6.45, 7) is 5.58. The van der Waals surface area contributed by atoms with Crippen molar-refractivity contribution >= 4 is 31.6 Å². The highest BCUT2D eigenvalue weighted by atomic mass is 32.3. The van der Waals surface area contributed by atoms with Crippen LogP contribution < -0.4 is 5.14 Å². The molecule has 2 atom stereocenters. The number of hydrogen-bond acceptors (Lipinski definition) is 6. The molecule has 4 rings (SSSR count). The molecule has 4 aliphatic rings. The first-order chi connectivity index (χ1) is 10.1. The molecule has 2 unspecified atom stereocenters. The van der Waals surface area contributed by atoms with Gasteiger partial charge in [0.2, 0.25) is 10.0 Å². The third-order valence-electron chi connectivity index (χ3n) is 4.23. The van der Waals surface area contributed by atoms with Gasteiger partial charge in [-0.15, -0.1) is 0 Å². The zero-order chi connectivity index (χ0) is 16.3. The molecule has 1 saturated heterocycles. The van der Waals surface area contributed by atoms with Gasteiger partial charge in [0, 0.05) is 19.1 Å². The van der Waals surface area contributed by atoms with E-state index in [-0.39, 0.29) is 14.5 Å². The summed E-state index contributed by atoms with van der Waals surface area (Å²) in [5.41, 5.74) is 0.840. The molecule has 4 heterocycles. The van der Waals surface area contributed by atoms with E-state index in [0.717, 1.165) is 23.9 Å². The number of rotatable bonds is 3. The Balaban J connectivity index is 2.15. The van der Waals surface area contributed by atoms with Crippen LogP contribution in [-0.2, 0) is 19.9 Å². The second-order valence-corrected chi connectivity index (χ2v) is 11.8. The van der Waals surface area contributed by atoms with Crippen LogP contribution in [0.15, 0.2) is 20.1 Å². The van der Waals surface area contributed by atoms with Crippen molar-refractivity contribution in [1.29, 1.82) is 0 Å². The van der Waals surface area contributed by atoms with Crippen LogP contribution in [0.2, 0.25) is 0 Å². The molecular weight excluding hydrogens is 344 g/mol. The second-order valence-electron chi connectivity index (χ2n) is 6.52. The Hall–Kier alpha value is -0.350. The summed E-state index contributed by atoms with van der Waals surface area (Å²) in [6.07, 6.45) is 2.59. The highest BCUT2D eigenvalue weighted by Gasteiger charge is 2.47. The molecule has 0 spiro atoms. The number of fused-ring (bicyclic) bond motifs is 2. The maximum absolute atomic E-state index is 12.6. The predicted molar refractivity (Wildman–Crippen MR) is 87.9 cm³/mol. The van der Waals surface area contributed by atoms with Crippen LogP contribution >= 0.6 is 11.8 Å². The first kappa shape index (κ1) is 16.5. The molecule has 4 bridgehead atoms. The molecule has 22 heavy (non-hydrogen) atoms. The Morgan fingerprint density at radius 1 is 1.45 bits per heavy atom. The molecule has 0 aromatic heterocycles. The molecule has 0 aliphatic carbocycles. The normalized spacial score (nSPS) is 33.7. The first-order valence-electron chi connectivity index (χ1n) is 7.21. The van der Waals surface area contributed by atoms with E-state index in [1.165, 1.54) is 0 Å². The fourth-order valence-corrected chi connectivity index (χ4v) is 8.13. The van der Waals surface area contributed by atoms with Crippen molar-refractivity contribution in [3.8, 4) is 0 Å². The van der Waals surface area contributed by atoms with E-state index in [2.05, 4.69) is 18.7 Å². The summed E-state index contributed by atoms with van der Waals surface area (Å²) in [7, 11) is -7.33. The minimum Gasteiger partial charge on any atom is -0.293 e. The first-order valence-corrected chi connectivity index (χ1v) is 11.1. The van der Waals surface area contributed by atoms with Crippen LogP contribution in [0.25, 0.3) is 0 Å². The van der Waals surface area contributed by atoms with Crippen LogP contribution in [0.3, 0.4) is 0 Å². The van der Waals surface area contributed by atoms with Gasteiger partial charge in [0.1, 0.15) is 8.47 Å². The van der Waals surface area contributed by atoms with Crippen molar-refractivity contribution in [3.05, 3.63) is 20.1 Å². The topological polar surface area (TPSA) is 97.5 Å². The zero-order valence-corrected chi connectivity index (χ0v) is 15.0. The monoisotopic (exact) mass is 364 g/mol. The van der Waals surface area contributed by atoms with Gasteiger partial charge in [-0.3, -0.25) is 4.90 Å². The summed E-state index contributed by atoms with van der Waals surface area (Å²) in [5, 5.41) is 4.85. The largest absolute Gasteiger partial charge is 0.293 e. The Labute approximate surface area is 135 Å². The van der Waals surface area contributed by atoms with E-state index in [9.17, 15) is 16.8 Å². The van der Waals surface area contributed by atoms with Crippen molar-refractivity contribution in [2.75, 3.05) is 13.1 Å². The lowest BCUT2D eigenvalue weighted by Gasteiger charge is -2.34. The number of sulfone groups is 1. The molecule has 2 N–H and O–H groups in total. The number of nitrogens with zero attached hydrogens (tertiary/aromatic N) is 1. The molecule has 0 aromatic carbocycles. The fraction of sp³-hybridized carbons (Fsp3) is 0.692. The van der Waals surface area contributed by atoms with Crippen LogP contribution in [0.4, 0.5) is 0 Å².